The van der Waals surface area contributed by atoms with Crippen molar-refractivity contribution in [1.82, 2.24) is 9.80 Å². The molecule has 3 rings (SSSR count). The van der Waals surface area contributed by atoms with E-state index in [0.29, 0.717) is 17.0 Å². The maximum Gasteiger partial charge on any atom is 0.254 e. The van der Waals surface area contributed by atoms with Crippen LogP contribution in [-0.4, -0.2) is 55.5 Å². The molecule has 2 aliphatic rings. The summed E-state index contributed by atoms with van der Waals surface area (Å²) in [6.07, 6.45) is 2.75. The first kappa shape index (κ1) is 14.2. The smallest absolute Gasteiger partial charge is 0.254 e. The van der Waals surface area contributed by atoms with Crippen LogP contribution >= 0.6 is 0 Å². The van der Waals surface area contributed by atoms with Gasteiger partial charge in [-0.25, -0.2) is 0 Å². The Morgan fingerprint density at radius 2 is 1.95 bits per heavy atom. The van der Waals surface area contributed by atoms with Gasteiger partial charge < -0.3 is 15.4 Å². The minimum absolute atomic E-state index is 0.0478. The SMILES string of the molecule is COc1cc(N)cc(C(=O)N2CCN(CC3CC3)CC2)c1. The molecule has 0 unspecified atom stereocenters. The van der Waals surface area contributed by atoms with E-state index in [4.69, 9.17) is 10.5 Å². The molecule has 0 bridgehead atoms. The second-order valence-electron chi connectivity index (χ2n) is 6.03. The summed E-state index contributed by atoms with van der Waals surface area (Å²) in [5.41, 5.74) is 7.00. The van der Waals surface area contributed by atoms with Crippen molar-refractivity contribution in [3.05, 3.63) is 23.8 Å². The first-order valence-electron chi connectivity index (χ1n) is 7.62. The Morgan fingerprint density at radius 3 is 2.57 bits per heavy atom. The van der Waals surface area contributed by atoms with Crippen molar-refractivity contribution in [2.75, 3.05) is 45.6 Å². The Balaban J connectivity index is 1.61. The number of carbonyl (C=O) groups is 1. The lowest BCUT2D eigenvalue weighted by atomic mass is 10.1. The molecule has 0 radical (unpaired) electrons. The fourth-order valence-electron chi connectivity index (χ4n) is 2.85. The average molecular weight is 289 g/mol. The van der Waals surface area contributed by atoms with E-state index in [0.717, 1.165) is 32.1 Å². The van der Waals surface area contributed by atoms with E-state index in [-0.39, 0.29) is 5.91 Å². The van der Waals surface area contributed by atoms with Crippen LogP contribution < -0.4 is 10.5 Å². The number of benzene rings is 1. The monoisotopic (exact) mass is 289 g/mol. The van der Waals surface area contributed by atoms with Gasteiger partial charge in [-0.05, 0) is 30.9 Å². The highest BCUT2D eigenvalue weighted by Crippen LogP contribution is 2.30. The van der Waals surface area contributed by atoms with E-state index in [9.17, 15) is 4.79 Å². The minimum Gasteiger partial charge on any atom is -0.497 e. The third-order valence-corrected chi connectivity index (χ3v) is 4.28. The van der Waals surface area contributed by atoms with Gasteiger partial charge >= 0.3 is 0 Å². The topological polar surface area (TPSA) is 58.8 Å². The molecule has 2 fully saturated rings. The quantitative estimate of drug-likeness (QED) is 0.852. The summed E-state index contributed by atoms with van der Waals surface area (Å²) in [4.78, 5) is 16.9. The van der Waals surface area contributed by atoms with Gasteiger partial charge in [-0.15, -0.1) is 0 Å². The number of hydrogen-bond acceptors (Lipinski definition) is 4. The van der Waals surface area contributed by atoms with Gasteiger partial charge in [0.05, 0.1) is 7.11 Å². The third-order valence-electron chi connectivity index (χ3n) is 4.28. The zero-order valence-electron chi connectivity index (χ0n) is 12.5. The summed E-state index contributed by atoms with van der Waals surface area (Å²) in [6, 6.07) is 5.21. The normalized spacial score (nSPS) is 19.6. The molecule has 0 spiro atoms. The molecule has 1 aliphatic heterocycles. The largest absolute Gasteiger partial charge is 0.497 e. The van der Waals surface area contributed by atoms with Crippen molar-refractivity contribution < 1.29 is 9.53 Å². The Bertz CT molecular complexity index is 520. The molecular formula is C16H23N3O2. The predicted molar refractivity (Wildman–Crippen MR) is 82.5 cm³/mol. The summed E-state index contributed by atoms with van der Waals surface area (Å²) in [7, 11) is 1.58. The zero-order chi connectivity index (χ0) is 14.8. The standard InChI is InChI=1S/C16H23N3O2/c1-21-15-9-13(8-14(17)10-15)16(20)19-6-4-18(5-7-19)11-12-2-3-12/h8-10,12H,2-7,11,17H2,1H3. The summed E-state index contributed by atoms with van der Waals surface area (Å²) in [5.74, 6) is 1.59. The number of rotatable bonds is 4. The van der Waals surface area contributed by atoms with E-state index in [1.807, 2.05) is 4.90 Å². The van der Waals surface area contributed by atoms with Crippen LogP contribution in [0.15, 0.2) is 18.2 Å². The molecule has 1 saturated carbocycles. The van der Waals surface area contributed by atoms with Gasteiger partial charge in [-0.1, -0.05) is 0 Å². The van der Waals surface area contributed by atoms with Crippen LogP contribution in [0.1, 0.15) is 23.2 Å². The number of nitrogens with zero attached hydrogens (tertiary/aromatic N) is 2. The van der Waals surface area contributed by atoms with Crippen molar-refractivity contribution in [2.24, 2.45) is 5.92 Å². The van der Waals surface area contributed by atoms with E-state index < -0.39 is 0 Å². The first-order valence-corrected chi connectivity index (χ1v) is 7.62. The van der Waals surface area contributed by atoms with E-state index in [2.05, 4.69) is 4.90 Å². The number of nitrogens with two attached hydrogens (primary N) is 1. The molecule has 0 aromatic heterocycles. The number of anilines is 1. The van der Waals surface area contributed by atoms with Crippen LogP contribution in [-0.2, 0) is 0 Å². The maximum absolute atomic E-state index is 12.6. The number of carbonyl (C=O) groups excluding carboxylic acids is 1. The zero-order valence-corrected chi connectivity index (χ0v) is 12.5. The average Bonchev–Trinajstić information content (AvgIpc) is 3.30. The lowest BCUT2D eigenvalue weighted by Gasteiger charge is -2.34. The van der Waals surface area contributed by atoms with Gasteiger partial charge in [-0.2, -0.15) is 0 Å². The fraction of sp³-hybridized carbons (Fsp3) is 0.562. The fourth-order valence-corrected chi connectivity index (χ4v) is 2.85. The summed E-state index contributed by atoms with van der Waals surface area (Å²) >= 11 is 0. The second kappa shape index (κ2) is 5.93. The molecule has 0 atom stereocenters. The highest BCUT2D eigenvalue weighted by Gasteiger charge is 2.28. The molecule has 114 valence electrons. The van der Waals surface area contributed by atoms with E-state index in [1.54, 1.807) is 25.3 Å². The van der Waals surface area contributed by atoms with Crippen molar-refractivity contribution in [3.63, 3.8) is 0 Å². The first-order chi connectivity index (χ1) is 10.2. The molecule has 2 N–H and O–H groups in total. The Kier molecular flexibility index (Phi) is 4.01. The van der Waals surface area contributed by atoms with Crippen molar-refractivity contribution in [3.8, 4) is 5.75 Å². The van der Waals surface area contributed by atoms with E-state index >= 15 is 0 Å². The van der Waals surface area contributed by atoms with Crippen LogP contribution in [0, 0.1) is 5.92 Å². The van der Waals surface area contributed by atoms with Gasteiger partial charge in [0.15, 0.2) is 0 Å². The number of hydrogen-bond donors (Lipinski definition) is 1. The van der Waals surface area contributed by atoms with Crippen molar-refractivity contribution >= 4 is 11.6 Å². The highest BCUT2D eigenvalue weighted by atomic mass is 16.5. The number of piperazine rings is 1. The van der Waals surface area contributed by atoms with Gasteiger partial charge in [0.25, 0.3) is 5.91 Å². The molecule has 1 aliphatic carbocycles. The van der Waals surface area contributed by atoms with Crippen LogP contribution in [0.2, 0.25) is 0 Å². The molecule has 1 amide bonds. The maximum atomic E-state index is 12.6. The number of nitrogen functional groups attached to an aromatic ring is 1. The molecule has 1 aromatic rings. The van der Waals surface area contributed by atoms with Crippen LogP contribution in [0.5, 0.6) is 5.75 Å². The summed E-state index contributed by atoms with van der Waals surface area (Å²) < 4.78 is 5.18. The van der Waals surface area contributed by atoms with Crippen LogP contribution in [0.25, 0.3) is 0 Å². The lowest BCUT2D eigenvalue weighted by molar-refractivity contribution is 0.0631. The molecular weight excluding hydrogens is 266 g/mol. The molecule has 1 saturated heterocycles. The van der Waals surface area contributed by atoms with Gasteiger partial charge in [0.2, 0.25) is 0 Å². The Labute approximate surface area is 125 Å². The third kappa shape index (κ3) is 3.47. The minimum atomic E-state index is 0.0478. The molecule has 1 heterocycles. The Morgan fingerprint density at radius 1 is 1.24 bits per heavy atom. The van der Waals surface area contributed by atoms with Crippen LogP contribution in [0.3, 0.4) is 0 Å². The number of amides is 1. The van der Waals surface area contributed by atoms with Crippen molar-refractivity contribution in [1.29, 1.82) is 0 Å². The number of ether oxygens (including phenoxy) is 1. The molecule has 1 aromatic carbocycles. The summed E-state index contributed by atoms with van der Waals surface area (Å²) in [5, 5.41) is 0. The molecule has 21 heavy (non-hydrogen) atoms. The lowest BCUT2D eigenvalue weighted by Crippen LogP contribution is -2.49. The van der Waals surface area contributed by atoms with Crippen molar-refractivity contribution in [2.45, 2.75) is 12.8 Å². The number of methoxy groups -OCH3 is 1. The molecule has 5 nitrogen and oxygen atoms in total. The van der Waals surface area contributed by atoms with Gasteiger partial charge in [0, 0.05) is 50.0 Å². The van der Waals surface area contributed by atoms with Gasteiger partial charge in [0.1, 0.15) is 5.75 Å². The van der Waals surface area contributed by atoms with Crippen LogP contribution in [0.4, 0.5) is 5.69 Å². The summed E-state index contributed by atoms with van der Waals surface area (Å²) in [6.45, 7) is 4.74. The molecule has 5 heteroatoms. The van der Waals surface area contributed by atoms with E-state index in [1.165, 1.54) is 19.4 Å². The predicted octanol–water partition coefficient (Wildman–Crippen LogP) is 1.45. The van der Waals surface area contributed by atoms with Gasteiger partial charge in [-0.3, -0.25) is 9.69 Å². The highest BCUT2D eigenvalue weighted by molar-refractivity contribution is 5.95. The second-order valence-corrected chi connectivity index (χ2v) is 6.03. The Hall–Kier alpha value is -1.75.